The minimum absolute atomic E-state index is 0.0115. The van der Waals surface area contributed by atoms with E-state index in [2.05, 4.69) is 5.32 Å². The average molecular weight is 182 g/mol. The highest BCUT2D eigenvalue weighted by Gasteiger charge is 2.28. The minimum atomic E-state index is -0.0115. The van der Waals surface area contributed by atoms with Crippen molar-refractivity contribution in [1.29, 1.82) is 0 Å². The maximum Gasteiger partial charge on any atom is 0.229 e. The number of carbonyl (C=O) groups is 2. The molecular formula is C9H14N2O2. The lowest BCUT2D eigenvalue weighted by Crippen LogP contribution is -2.36. The summed E-state index contributed by atoms with van der Waals surface area (Å²) in [4.78, 5) is 23.7. The second-order valence-corrected chi connectivity index (χ2v) is 3.67. The Hall–Kier alpha value is -0.900. The molecule has 0 aromatic heterocycles. The molecule has 0 aromatic carbocycles. The number of rotatable bonds is 4. The molecule has 1 N–H and O–H groups in total. The monoisotopic (exact) mass is 182 g/mol. The quantitative estimate of drug-likeness (QED) is 0.617. The van der Waals surface area contributed by atoms with Crippen LogP contribution in [0.25, 0.3) is 0 Å². The normalized spacial score (nSPS) is 22.9. The Bertz CT molecular complexity index is 220. The van der Waals surface area contributed by atoms with E-state index in [1.165, 1.54) is 17.7 Å². The lowest BCUT2D eigenvalue weighted by Gasteiger charge is -2.13. The number of imide groups is 1. The van der Waals surface area contributed by atoms with E-state index in [1.807, 2.05) is 0 Å². The van der Waals surface area contributed by atoms with E-state index in [0.29, 0.717) is 25.4 Å². The van der Waals surface area contributed by atoms with E-state index in [-0.39, 0.29) is 11.8 Å². The van der Waals surface area contributed by atoms with Crippen LogP contribution < -0.4 is 5.32 Å². The second kappa shape index (κ2) is 3.46. The summed E-state index contributed by atoms with van der Waals surface area (Å²) in [5.74, 6) is -0.0230. The number of hydrogen-bond donors (Lipinski definition) is 1. The molecule has 13 heavy (non-hydrogen) atoms. The van der Waals surface area contributed by atoms with Gasteiger partial charge in [-0.25, -0.2) is 0 Å². The van der Waals surface area contributed by atoms with Gasteiger partial charge >= 0.3 is 0 Å². The molecule has 1 heterocycles. The van der Waals surface area contributed by atoms with Crippen LogP contribution in [0, 0.1) is 0 Å². The first kappa shape index (κ1) is 8.69. The summed E-state index contributed by atoms with van der Waals surface area (Å²) < 4.78 is 0. The molecule has 2 amide bonds. The zero-order valence-electron chi connectivity index (χ0n) is 7.58. The van der Waals surface area contributed by atoms with Crippen LogP contribution in [0.2, 0.25) is 0 Å². The maximum atomic E-state index is 11.2. The summed E-state index contributed by atoms with van der Waals surface area (Å²) in [6, 6.07) is 0.646. The van der Waals surface area contributed by atoms with Crippen molar-refractivity contribution in [2.45, 2.75) is 31.7 Å². The maximum absolute atomic E-state index is 11.2. The topological polar surface area (TPSA) is 49.4 Å². The first-order chi connectivity index (χ1) is 6.27. The van der Waals surface area contributed by atoms with Gasteiger partial charge in [0, 0.05) is 32.0 Å². The Morgan fingerprint density at radius 1 is 1.23 bits per heavy atom. The molecule has 4 nitrogen and oxygen atoms in total. The second-order valence-electron chi connectivity index (χ2n) is 3.67. The minimum Gasteiger partial charge on any atom is -0.312 e. The van der Waals surface area contributed by atoms with Crippen LogP contribution in [0.5, 0.6) is 0 Å². The molecule has 0 unspecified atom stereocenters. The smallest absolute Gasteiger partial charge is 0.229 e. The number of carbonyl (C=O) groups excluding carboxylic acids is 2. The first-order valence-electron chi connectivity index (χ1n) is 4.84. The zero-order valence-corrected chi connectivity index (χ0v) is 7.58. The first-order valence-corrected chi connectivity index (χ1v) is 4.84. The Morgan fingerprint density at radius 2 is 1.85 bits per heavy atom. The van der Waals surface area contributed by atoms with Gasteiger partial charge < -0.3 is 5.32 Å². The molecule has 0 radical (unpaired) electrons. The third-order valence-corrected chi connectivity index (χ3v) is 2.50. The van der Waals surface area contributed by atoms with Crippen LogP contribution >= 0.6 is 0 Å². The number of amides is 2. The molecule has 0 atom stereocenters. The molecular weight excluding hydrogens is 168 g/mol. The average Bonchev–Trinajstić information content (AvgIpc) is 2.86. The van der Waals surface area contributed by atoms with Crippen molar-refractivity contribution in [1.82, 2.24) is 10.2 Å². The van der Waals surface area contributed by atoms with Gasteiger partial charge in [0.05, 0.1) is 0 Å². The molecule has 2 rings (SSSR count). The Kier molecular flexibility index (Phi) is 2.31. The summed E-state index contributed by atoms with van der Waals surface area (Å²) in [5.41, 5.74) is 0. The van der Waals surface area contributed by atoms with Crippen molar-refractivity contribution in [2.75, 3.05) is 13.1 Å². The summed E-state index contributed by atoms with van der Waals surface area (Å²) in [7, 11) is 0. The lowest BCUT2D eigenvalue weighted by atomic mass is 10.4. The van der Waals surface area contributed by atoms with E-state index in [1.54, 1.807) is 0 Å². The molecule has 72 valence electrons. The third-order valence-electron chi connectivity index (χ3n) is 2.50. The summed E-state index contributed by atoms with van der Waals surface area (Å²) in [6.07, 6.45) is 3.29. The predicted octanol–water partition coefficient (Wildman–Crippen LogP) is -0.113. The van der Waals surface area contributed by atoms with Gasteiger partial charge in [0.2, 0.25) is 11.8 Å². The van der Waals surface area contributed by atoms with Crippen LogP contribution in [0.4, 0.5) is 0 Å². The zero-order chi connectivity index (χ0) is 9.26. The van der Waals surface area contributed by atoms with Crippen molar-refractivity contribution in [3.05, 3.63) is 0 Å². The van der Waals surface area contributed by atoms with E-state index in [0.717, 1.165) is 6.54 Å². The van der Waals surface area contributed by atoms with Crippen molar-refractivity contribution < 1.29 is 9.59 Å². The van der Waals surface area contributed by atoms with Crippen LogP contribution in [-0.2, 0) is 9.59 Å². The molecule has 1 aliphatic heterocycles. The van der Waals surface area contributed by atoms with Gasteiger partial charge in [-0.05, 0) is 12.8 Å². The standard InChI is InChI=1S/C9H14N2O2/c12-8-3-4-9(13)11(8)6-5-10-7-1-2-7/h7,10H,1-6H2. The van der Waals surface area contributed by atoms with E-state index >= 15 is 0 Å². The SMILES string of the molecule is O=C1CCC(=O)N1CCNC1CC1. The number of hydrogen-bond acceptors (Lipinski definition) is 3. The molecule has 4 heteroatoms. The molecule has 1 saturated heterocycles. The highest BCUT2D eigenvalue weighted by Crippen LogP contribution is 2.18. The van der Waals surface area contributed by atoms with Crippen LogP contribution in [0.3, 0.4) is 0 Å². The van der Waals surface area contributed by atoms with E-state index < -0.39 is 0 Å². The van der Waals surface area contributed by atoms with Gasteiger partial charge in [-0.3, -0.25) is 14.5 Å². The molecule has 1 aliphatic carbocycles. The van der Waals surface area contributed by atoms with Crippen molar-refractivity contribution in [3.63, 3.8) is 0 Å². The molecule has 0 spiro atoms. The van der Waals surface area contributed by atoms with Crippen LogP contribution in [0.1, 0.15) is 25.7 Å². The number of likely N-dealkylation sites (tertiary alicyclic amines) is 1. The number of nitrogens with one attached hydrogen (secondary N) is 1. The van der Waals surface area contributed by atoms with Gasteiger partial charge in [0.15, 0.2) is 0 Å². The fraction of sp³-hybridized carbons (Fsp3) is 0.778. The van der Waals surface area contributed by atoms with Gasteiger partial charge in [-0.2, -0.15) is 0 Å². The third kappa shape index (κ3) is 2.06. The fourth-order valence-corrected chi connectivity index (χ4v) is 1.54. The highest BCUT2D eigenvalue weighted by atomic mass is 16.2. The van der Waals surface area contributed by atoms with Crippen molar-refractivity contribution in [3.8, 4) is 0 Å². The Labute approximate surface area is 77.3 Å². The summed E-state index contributed by atoms with van der Waals surface area (Å²) in [5, 5.41) is 3.28. The van der Waals surface area contributed by atoms with Gasteiger partial charge in [0.25, 0.3) is 0 Å². The molecule has 0 aromatic rings. The van der Waals surface area contributed by atoms with Gasteiger partial charge in [-0.15, -0.1) is 0 Å². The van der Waals surface area contributed by atoms with E-state index in [4.69, 9.17) is 0 Å². The summed E-state index contributed by atoms with van der Waals surface area (Å²) >= 11 is 0. The Morgan fingerprint density at radius 3 is 2.38 bits per heavy atom. The highest BCUT2D eigenvalue weighted by molar-refractivity contribution is 6.01. The summed E-state index contributed by atoms with van der Waals surface area (Å²) in [6.45, 7) is 1.30. The van der Waals surface area contributed by atoms with Gasteiger partial charge in [0.1, 0.15) is 0 Å². The van der Waals surface area contributed by atoms with E-state index in [9.17, 15) is 9.59 Å². The van der Waals surface area contributed by atoms with Crippen LogP contribution in [0.15, 0.2) is 0 Å². The largest absolute Gasteiger partial charge is 0.312 e. The fourth-order valence-electron chi connectivity index (χ4n) is 1.54. The molecule has 2 aliphatic rings. The Balaban J connectivity index is 1.72. The van der Waals surface area contributed by atoms with Crippen LogP contribution in [-0.4, -0.2) is 35.8 Å². The molecule has 0 bridgehead atoms. The lowest BCUT2D eigenvalue weighted by molar-refractivity contribution is -0.138. The molecule has 1 saturated carbocycles. The van der Waals surface area contributed by atoms with Gasteiger partial charge in [-0.1, -0.05) is 0 Å². The predicted molar refractivity (Wildman–Crippen MR) is 47.0 cm³/mol. The number of nitrogens with zero attached hydrogens (tertiary/aromatic N) is 1. The van der Waals surface area contributed by atoms with Crippen molar-refractivity contribution >= 4 is 11.8 Å². The van der Waals surface area contributed by atoms with Crippen molar-refractivity contribution in [2.24, 2.45) is 0 Å². The molecule has 2 fully saturated rings.